The summed E-state index contributed by atoms with van der Waals surface area (Å²) in [5.41, 5.74) is 1.59. The van der Waals surface area contributed by atoms with Gasteiger partial charge in [-0.15, -0.1) is 0 Å². The Hall–Kier alpha value is -2.34. The van der Waals surface area contributed by atoms with Crippen LogP contribution in [0.2, 0.25) is 0 Å². The maximum absolute atomic E-state index is 9.00. The van der Waals surface area contributed by atoms with Crippen molar-refractivity contribution in [3.63, 3.8) is 0 Å². The van der Waals surface area contributed by atoms with Gasteiger partial charge in [-0.2, -0.15) is 5.26 Å². The number of para-hydroxylation sites is 1. The Balaban J connectivity index is 2.42. The Bertz CT molecular complexity index is 514. The molecule has 0 radical (unpaired) electrons. The maximum Gasteiger partial charge on any atom is 0.150 e. The van der Waals surface area contributed by atoms with Gasteiger partial charge in [0.15, 0.2) is 5.82 Å². The molecule has 0 aliphatic carbocycles. The minimum atomic E-state index is 0.578. The van der Waals surface area contributed by atoms with E-state index in [1.165, 1.54) is 0 Å². The zero-order chi connectivity index (χ0) is 11.4. The van der Waals surface area contributed by atoms with E-state index in [1.807, 2.05) is 42.3 Å². The van der Waals surface area contributed by atoms with Crippen LogP contribution in [0.3, 0.4) is 0 Å². The van der Waals surface area contributed by atoms with Crippen LogP contribution < -0.4 is 4.90 Å². The van der Waals surface area contributed by atoms with Gasteiger partial charge >= 0.3 is 0 Å². The number of hydrogen-bond acceptors (Lipinski definition) is 3. The average molecular weight is 209 g/mol. The summed E-state index contributed by atoms with van der Waals surface area (Å²) < 4.78 is 0. The largest absolute Gasteiger partial charge is 0.328 e. The molecule has 0 saturated carbocycles. The molecule has 0 fully saturated rings. The van der Waals surface area contributed by atoms with E-state index < -0.39 is 0 Å². The molecular weight excluding hydrogens is 198 g/mol. The monoisotopic (exact) mass is 209 g/mol. The SMILES string of the molecule is CN(c1ccccc1)c1ncccc1C#N. The predicted octanol–water partition coefficient (Wildman–Crippen LogP) is 2.72. The molecule has 1 aromatic heterocycles. The van der Waals surface area contributed by atoms with Gasteiger partial charge in [0, 0.05) is 18.9 Å². The number of aromatic nitrogens is 1. The lowest BCUT2D eigenvalue weighted by molar-refractivity contribution is 1.12. The zero-order valence-electron chi connectivity index (χ0n) is 8.96. The van der Waals surface area contributed by atoms with Crippen LogP contribution in [0.4, 0.5) is 11.5 Å². The molecule has 0 spiro atoms. The Kier molecular flexibility index (Phi) is 2.84. The lowest BCUT2D eigenvalue weighted by Crippen LogP contribution is -2.12. The fourth-order valence-electron chi connectivity index (χ4n) is 1.53. The highest BCUT2D eigenvalue weighted by Gasteiger charge is 2.09. The topological polar surface area (TPSA) is 39.9 Å². The highest BCUT2D eigenvalue weighted by Crippen LogP contribution is 2.23. The standard InChI is InChI=1S/C13H11N3/c1-16(12-7-3-2-4-8-12)13-11(10-14)6-5-9-15-13/h2-9H,1H3. The Morgan fingerprint density at radius 2 is 1.88 bits per heavy atom. The first-order chi connectivity index (χ1) is 7.83. The highest BCUT2D eigenvalue weighted by molar-refractivity contribution is 5.64. The van der Waals surface area contributed by atoms with Crippen molar-refractivity contribution in [2.75, 3.05) is 11.9 Å². The van der Waals surface area contributed by atoms with Crippen LogP contribution in [0, 0.1) is 11.3 Å². The molecule has 0 unspecified atom stereocenters. The van der Waals surface area contributed by atoms with E-state index in [0.29, 0.717) is 11.4 Å². The fraction of sp³-hybridized carbons (Fsp3) is 0.0769. The summed E-state index contributed by atoms with van der Waals surface area (Å²) in [7, 11) is 1.90. The van der Waals surface area contributed by atoms with E-state index in [2.05, 4.69) is 11.1 Å². The quantitative estimate of drug-likeness (QED) is 0.763. The van der Waals surface area contributed by atoms with Crippen LogP contribution in [0.1, 0.15) is 5.56 Å². The summed E-state index contributed by atoms with van der Waals surface area (Å²) in [5, 5.41) is 9.00. The predicted molar refractivity (Wildman–Crippen MR) is 63.5 cm³/mol. The molecule has 78 valence electrons. The molecule has 0 saturated heterocycles. The minimum Gasteiger partial charge on any atom is -0.328 e. The van der Waals surface area contributed by atoms with Gasteiger partial charge in [-0.05, 0) is 24.3 Å². The van der Waals surface area contributed by atoms with Crippen LogP contribution in [0.5, 0.6) is 0 Å². The van der Waals surface area contributed by atoms with Gasteiger partial charge in [0.1, 0.15) is 6.07 Å². The van der Waals surface area contributed by atoms with Gasteiger partial charge in [-0.25, -0.2) is 4.98 Å². The van der Waals surface area contributed by atoms with E-state index in [4.69, 9.17) is 5.26 Å². The molecule has 0 N–H and O–H groups in total. The third-order valence-corrected chi connectivity index (χ3v) is 2.37. The van der Waals surface area contributed by atoms with E-state index in [1.54, 1.807) is 18.3 Å². The van der Waals surface area contributed by atoms with Crippen LogP contribution >= 0.6 is 0 Å². The van der Waals surface area contributed by atoms with Crippen molar-refractivity contribution >= 4 is 11.5 Å². The van der Waals surface area contributed by atoms with Gasteiger partial charge in [-0.3, -0.25) is 0 Å². The molecule has 2 rings (SSSR count). The van der Waals surface area contributed by atoms with Gasteiger partial charge < -0.3 is 4.90 Å². The van der Waals surface area contributed by atoms with Gasteiger partial charge in [-0.1, -0.05) is 18.2 Å². The molecule has 0 aliphatic heterocycles. The number of nitrogens with zero attached hydrogens (tertiary/aromatic N) is 3. The molecule has 2 aromatic rings. The highest BCUT2D eigenvalue weighted by atomic mass is 15.2. The second-order valence-corrected chi connectivity index (χ2v) is 3.38. The number of pyridine rings is 1. The second-order valence-electron chi connectivity index (χ2n) is 3.38. The molecule has 16 heavy (non-hydrogen) atoms. The third-order valence-electron chi connectivity index (χ3n) is 2.37. The van der Waals surface area contributed by atoms with Crippen molar-refractivity contribution in [3.05, 3.63) is 54.2 Å². The van der Waals surface area contributed by atoms with Crippen molar-refractivity contribution in [2.24, 2.45) is 0 Å². The number of nitriles is 1. The van der Waals surface area contributed by atoms with Crippen LogP contribution in [0.25, 0.3) is 0 Å². The first-order valence-electron chi connectivity index (χ1n) is 4.97. The Morgan fingerprint density at radius 1 is 1.12 bits per heavy atom. The van der Waals surface area contributed by atoms with Gasteiger partial charge in [0.2, 0.25) is 0 Å². The van der Waals surface area contributed by atoms with Crippen molar-refractivity contribution in [1.29, 1.82) is 5.26 Å². The second kappa shape index (κ2) is 4.45. The third kappa shape index (κ3) is 1.86. The molecule has 1 aromatic carbocycles. The molecule has 3 nitrogen and oxygen atoms in total. The molecule has 0 aliphatic rings. The van der Waals surface area contributed by atoms with E-state index in [0.717, 1.165) is 5.69 Å². The van der Waals surface area contributed by atoms with E-state index in [-0.39, 0.29) is 0 Å². The number of benzene rings is 1. The van der Waals surface area contributed by atoms with Gasteiger partial charge in [0.25, 0.3) is 0 Å². The first-order valence-corrected chi connectivity index (χ1v) is 4.97. The summed E-state index contributed by atoms with van der Waals surface area (Å²) >= 11 is 0. The van der Waals surface area contributed by atoms with Crippen LogP contribution in [-0.4, -0.2) is 12.0 Å². The lowest BCUT2D eigenvalue weighted by Gasteiger charge is -2.18. The summed E-state index contributed by atoms with van der Waals surface area (Å²) in [6, 6.07) is 15.5. The summed E-state index contributed by atoms with van der Waals surface area (Å²) in [4.78, 5) is 6.13. The maximum atomic E-state index is 9.00. The summed E-state index contributed by atoms with van der Waals surface area (Å²) in [6.45, 7) is 0. The Morgan fingerprint density at radius 3 is 2.56 bits per heavy atom. The number of hydrogen-bond donors (Lipinski definition) is 0. The molecule has 0 amide bonds. The minimum absolute atomic E-state index is 0.578. The lowest BCUT2D eigenvalue weighted by atomic mass is 10.2. The number of rotatable bonds is 2. The van der Waals surface area contributed by atoms with Gasteiger partial charge in [0.05, 0.1) is 5.56 Å². The van der Waals surface area contributed by atoms with Crippen molar-refractivity contribution in [1.82, 2.24) is 4.98 Å². The zero-order valence-corrected chi connectivity index (χ0v) is 8.96. The number of anilines is 2. The van der Waals surface area contributed by atoms with E-state index >= 15 is 0 Å². The summed E-state index contributed by atoms with van der Waals surface area (Å²) in [6.07, 6.45) is 1.69. The first kappa shape index (κ1) is 10.2. The molecule has 3 heteroatoms. The molecular formula is C13H11N3. The summed E-state index contributed by atoms with van der Waals surface area (Å²) in [5.74, 6) is 0.677. The smallest absolute Gasteiger partial charge is 0.150 e. The van der Waals surface area contributed by atoms with Crippen LogP contribution in [0.15, 0.2) is 48.7 Å². The normalized spacial score (nSPS) is 9.50. The van der Waals surface area contributed by atoms with E-state index in [9.17, 15) is 0 Å². The molecule has 0 bridgehead atoms. The Labute approximate surface area is 94.6 Å². The van der Waals surface area contributed by atoms with Crippen molar-refractivity contribution in [3.8, 4) is 6.07 Å². The average Bonchev–Trinajstić information content (AvgIpc) is 2.39. The van der Waals surface area contributed by atoms with Crippen LogP contribution in [-0.2, 0) is 0 Å². The molecule has 1 heterocycles. The fourth-order valence-corrected chi connectivity index (χ4v) is 1.53. The molecule has 0 atom stereocenters. The van der Waals surface area contributed by atoms with Crippen molar-refractivity contribution in [2.45, 2.75) is 0 Å². The van der Waals surface area contributed by atoms with Crippen molar-refractivity contribution < 1.29 is 0 Å².